The third-order valence-electron chi connectivity index (χ3n) is 8.45. The molecule has 3 aromatic carbocycles. The molecule has 0 amide bonds. The van der Waals surface area contributed by atoms with Crippen LogP contribution in [-0.4, -0.2) is 20.7 Å². The monoisotopic (exact) mass is 756 g/mol. The van der Waals surface area contributed by atoms with E-state index in [1.807, 2.05) is 41.1 Å². The van der Waals surface area contributed by atoms with E-state index in [1.54, 1.807) is 0 Å². The van der Waals surface area contributed by atoms with Crippen LogP contribution in [-0.2, 0) is 37.2 Å². The quantitative estimate of drug-likeness (QED) is 0.183. The van der Waals surface area contributed by atoms with Crippen LogP contribution in [0.4, 0.5) is 11.5 Å². The number of hydrogen-bond donors (Lipinski definition) is 0. The Morgan fingerprint density at radius 3 is 2.33 bits per heavy atom. The molecule has 1 atom stereocenters. The Morgan fingerprint density at radius 1 is 0.860 bits per heavy atom. The van der Waals surface area contributed by atoms with Crippen LogP contribution < -0.4 is 9.64 Å². The van der Waals surface area contributed by atoms with Gasteiger partial charge in [0.05, 0.1) is 0 Å². The maximum absolute atomic E-state index is 8.26. The van der Waals surface area contributed by atoms with Crippen LogP contribution in [0.1, 0.15) is 81.6 Å². The Balaban J connectivity index is 1.46. The summed E-state index contributed by atoms with van der Waals surface area (Å²) in [6.45, 7) is 14.0. The molecule has 1 aliphatic rings. The van der Waals surface area contributed by atoms with E-state index < -0.39 is 6.98 Å². The molecule has 0 radical (unpaired) electrons. The SMILES string of the molecule is [2H]C([2H])([2H])n1[c](=[Pt])n(-c2cc(Oc3ccc4c(c3)N(c3cc(C(C)(C)C)ccn3)CCC4C)cc(C(C)(C)C)c2)c2ccccc21. The number of nitrogens with zero attached hydrogens (tertiary/aromatic N) is 4. The van der Waals surface area contributed by atoms with Crippen molar-refractivity contribution < 1.29 is 28.2 Å². The molecule has 2 aromatic heterocycles. The number of benzene rings is 3. The molecular weight excluding hydrogens is 712 g/mol. The van der Waals surface area contributed by atoms with E-state index in [9.17, 15) is 0 Å². The van der Waals surface area contributed by atoms with Gasteiger partial charge in [-0.15, -0.1) is 0 Å². The van der Waals surface area contributed by atoms with E-state index >= 15 is 0 Å². The normalized spacial score (nSPS) is 16.9. The summed E-state index contributed by atoms with van der Waals surface area (Å²) < 4.78 is 35.5. The maximum atomic E-state index is 8.26. The molecular formula is C37H42N4OPt. The van der Waals surface area contributed by atoms with Crippen molar-refractivity contribution in [2.75, 3.05) is 11.4 Å². The van der Waals surface area contributed by atoms with Crippen molar-refractivity contribution >= 4 is 22.5 Å². The second-order valence-electron chi connectivity index (χ2n) is 13.7. The number of anilines is 2. The van der Waals surface area contributed by atoms with Crippen molar-refractivity contribution in [3.8, 4) is 17.2 Å². The predicted octanol–water partition coefficient (Wildman–Crippen LogP) is 9.48. The average Bonchev–Trinajstić information content (AvgIpc) is 3.28. The third kappa shape index (κ3) is 5.65. The molecule has 0 fully saturated rings. The number of para-hydroxylation sites is 2. The van der Waals surface area contributed by atoms with Crippen LogP contribution in [0.3, 0.4) is 0 Å². The molecule has 1 aliphatic heterocycles. The van der Waals surface area contributed by atoms with Crippen molar-refractivity contribution in [1.29, 1.82) is 0 Å². The summed E-state index contributed by atoms with van der Waals surface area (Å²) in [5, 5.41) is 0. The molecule has 43 heavy (non-hydrogen) atoms. The van der Waals surface area contributed by atoms with E-state index in [-0.39, 0.29) is 10.8 Å². The average molecular weight is 757 g/mol. The number of ether oxygens (including phenoxy) is 1. The molecule has 5 aromatic rings. The van der Waals surface area contributed by atoms with Gasteiger partial charge in [0.15, 0.2) is 0 Å². The fourth-order valence-corrected chi connectivity index (χ4v) is 6.65. The van der Waals surface area contributed by atoms with Crippen molar-refractivity contribution in [2.45, 2.75) is 71.6 Å². The zero-order valence-corrected chi connectivity index (χ0v) is 28.3. The summed E-state index contributed by atoms with van der Waals surface area (Å²) in [6.07, 6.45) is 2.96. The number of aryl methyl sites for hydroxylation is 1. The van der Waals surface area contributed by atoms with E-state index in [4.69, 9.17) is 13.8 Å². The minimum absolute atomic E-state index is 0.0238. The molecule has 1 unspecified atom stereocenters. The summed E-state index contributed by atoms with van der Waals surface area (Å²) in [5.74, 6) is 2.81. The number of fused-ring (bicyclic) bond motifs is 2. The van der Waals surface area contributed by atoms with Gasteiger partial charge < -0.3 is 0 Å². The Bertz CT molecular complexity index is 2000. The van der Waals surface area contributed by atoms with Crippen LogP contribution in [0.2, 0.25) is 0 Å². The summed E-state index contributed by atoms with van der Waals surface area (Å²) in [7, 11) is 0. The van der Waals surface area contributed by atoms with Gasteiger partial charge in [0, 0.05) is 6.20 Å². The van der Waals surface area contributed by atoms with E-state index in [1.165, 1.54) is 15.7 Å². The Kier molecular flexibility index (Phi) is 6.61. The van der Waals surface area contributed by atoms with Crippen LogP contribution in [0.15, 0.2) is 79.0 Å². The van der Waals surface area contributed by atoms with Gasteiger partial charge in [0.2, 0.25) is 0 Å². The van der Waals surface area contributed by atoms with Gasteiger partial charge in [-0.05, 0) is 17.0 Å². The molecule has 6 heteroatoms. The molecule has 0 saturated carbocycles. The standard InChI is InChI=1S/C37H42N4O.Pt/c1-25-16-18-40(35-21-26(15-17-38-35)36(2,3)4)34-23-29(13-14-31(25)34)42-30-20-27(37(5,6)7)19-28(22-30)41-24-39(8)32-11-9-10-12-33(32)41;/h9-15,17,19-23,25H,16,18H2,1-8H3;/i8D3;. The Morgan fingerprint density at radius 2 is 1.60 bits per heavy atom. The van der Waals surface area contributed by atoms with Crippen molar-refractivity contribution in [1.82, 2.24) is 14.1 Å². The van der Waals surface area contributed by atoms with Gasteiger partial charge in [-0.3, -0.25) is 0 Å². The fourth-order valence-electron chi connectivity index (χ4n) is 5.81. The molecule has 0 N–H and O–H groups in total. The third-order valence-corrected chi connectivity index (χ3v) is 9.47. The summed E-state index contributed by atoms with van der Waals surface area (Å²) >= 11 is 2.12. The van der Waals surface area contributed by atoms with E-state index in [0.717, 1.165) is 47.0 Å². The van der Waals surface area contributed by atoms with Gasteiger partial charge in [-0.25, -0.2) is 0 Å². The Labute approximate surface area is 270 Å². The van der Waals surface area contributed by atoms with Crippen molar-refractivity contribution in [3.05, 3.63) is 99.5 Å². The number of rotatable bonds is 4. The van der Waals surface area contributed by atoms with Gasteiger partial charge in [-0.1, -0.05) is 20.8 Å². The van der Waals surface area contributed by atoms with Gasteiger partial charge in [0.25, 0.3) is 0 Å². The van der Waals surface area contributed by atoms with Gasteiger partial charge >= 0.3 is 228 Å². The fraction of sp³-hybridized carbons (Fsp3) is 0.351. The number of hydrogen-bond acceptors (Lipinski definition) is 3. The number of pyridine rings is 1. The zero-order valence-electron chi connectivity index (χ0n) is 29.0. The van der Waals surface area contributed by atoms with Crippen molar-refractivity contribution in [2.24, 2.45) is 6.98 Å². The molecule has 0 bridgehead atoms. The molecule has 0 spiro atoms. The van der Waals surface area contributed by atoms with Crippen LogP contribution in [0.5, 0.6) is 11.5 Å². The zero-order chi connectivity index (χ0) is 33.2. The minimum atomic E-state index is -2.32. The molecule has 0 aliphatic carbocycles. The van der Waals surface area contributed by atoms with E-state index in [0.29, 0.717) is 21.0 Å². The predicted molar refractivity (Wildman–Crippen MR) is 174 cm³/mol. The first-order chi connectivity index (χ1) is 21.5. The first kappa shape index (κ1) is 26.0. The topological polar surface area (TPSA) is 35.2 Å². The molecule has 226 valence electrons. The summed E-state index contributed by atoms with van der Waals surface area (Å²) in [6, 6.07) is 24.6. The first-order valence-electron chi connectivity index (χ1n) is 16.4. The molecule has 6 rings (SSSR count). The molecule has 5 nitrogen and oxygen atoms in total. The number of imidazole rings is 1. The van der Waals surface area contributed by atoms with Crippen LogP contribution in [0, 0.1) is 3.80 Å². The Hall–Kier alpha value is -3.43. The summed E-state index contributed by atoms with van der Waals surface area (Å²) in [4.78, 5) is 7.11. The first-order valence-corrected chi connectivity index (χ1v) is 16.1. The second-order valence-corrected chi connectivity index (χ2v) is 14.7. The van der Waals surface area contributed by atoms with E-state index in [2.05, 4.69) is 115 Å². The number of aromatic nitrogens is 3. The van der Waals surface area contributed by atoms with Crippen LogP contribution >= 0.6 is 0 Å². The molecule has 0 saturated heterocycles. The molecule has 3 heterocycles. The van der Waals surface area contributed by atoms with Gasteiger partial charge in [-0.2, -0.15) is 0 Å². The van der Waals surface area contributed by atoms with Gasteiger partial charge in [0.1, 0.15) is 0 Å². The van der Waals surface area contributed by atoms with Crippen LogP contribution in [0.25, 0.3) is 16.7 Å². The second kappa shape index (κ2) is 10.9. The van der Waals surface area contributed by atoms with Crippen molar-refractivity contribution in [3.63, 3.8) is 0 Å². The summed E-state index contributed by atoms with van der Waals surface area (Å²) in [5.41, 5.74) is 6.93.